The smallest absolute Gasteiger partial charge is 0.141 e. The van der Waals surface area contributed by atoms with E-state index in [0.29, 0.717) is 24.7 Å². The summed E-state index contributed by atoms with van der Waals surface area (Å²) in [6, 6.07) is 13.6. The molecule has 0 saturated carbocycles. The van der Waals surface area contributed by atoms with Crippen molar-refractivity contribution < 1.29 is 18.6 Å². The Morgan fingerprint density at radius 1 is 1.18 bits per heavy atom. The maximum atomic E-state index is 6.04. The highest BCUT2D eigenvalue weighted by Gasteiger charge is 2.18. The molecule has 0 bridgehead atoms. The lowest BCUT2D eigenvalue weighted by Crippen LogP contribution is -2.05. The molecule has 140 valence electrons. The number of hydrogen-bond donors (Lipinski definition) is 0. The molecule has 1 aliphatic rings. The van der Waals surface area contributed by atoms with E-state index in [-0.39, 0.29) is 0 Å². The first-order valence-corrected chi connectivity index (χ1v) is 9.75. The Morgan fingerprint density at radius 3 is 3.04 bits per heavy atom. The minimum absolute atomic E-state index is 0.370. The monoisotopic (exact) mass is 391 g/mol. The first-order chi connectivity index (χ1) is 13.8. The highest BCUT2D eigenvalue weighted by Crippen LogP contribution is 2.36. The van der Waals surface area contributed by atoms with E-state index in [9.17, 15) is 0 Å². The van der Waals surface area contributed by atoms with Crippen LogP contribution >= 0.6 is 11.3 Å². The van der Waals surface area contributed by atoms with Crippen LogP contribution in [0.4, 0.5) is 0 Å². The average molecular weight is 391 g/mol. The molecule has 0 spiro atoms. The van der Waals surface area contributed by atoms with Crippen LogP contribution < -0.4 is 14.2 Å². The molecule has 2 aromatic heterocycles. The molecule has 5 rings (SSSR count). The van der Waals surface area contributed by atoms with Crippen LogP contribution in [0.25, 0.3) is 16.5 Å². The van der Waals surface area contributed by atoms with Gasteiger partial charge in [-0.1, -0.05) is 18.2 Å². The van der Waals surface area contributed by atoms with Crippen LogP contribution in [0.1, 0.15) is 16.3 Å². The second kappa shape index (κ2) is 7.05. The molecule has 28 heavy (non-hydrogen) atoms. The fraction of sp³-hybridized carbons (Fsp3) is 0.136. The van der Waals surface area contributed by atoms with Crippen molar-refractivity contribution in [3.63, 3.8) is 0 Å². The number of aromatic nitrogens is 1. The van der Waals surface area contributed by atoms with Gasteiger partial charge in [-0.05, 0) is 18.2 Å². The minimum Gasteiger partial charge on any atom is -0.496 e. The van der Waals surface area contributed by atoms with Crippen molar-refractivity contribution >= 4 is 27.9 Å². The number of fused-ring (bicyclic) bond motifs is 2. The van der Waals surface area contributed by atoms with Crippen molar-refractivity contribution in [1.82, 2.24) is 4.98 Å². The van der Waals surface area contributed by atoms with Crippen LogP contribution in [-0.2, 0) is 6.61 Å². The van der Waals surface area contributed by atoms with Gasteiger partial charge in [0.15, 0.2) is 0 Å². The van der Waals surface area contributed by atoms with Crippen molar-refractivity contribution in [2.24, 2.45) is 0 Å². The van der Waals surface area contributed by atoms with Crippen LogP contribution in [0.15, 0.2) is 64.6 Å². The molecule has 0 unspecified atom stereocenters. The molecule has 5 nitrogen and oxygen atoms in total. The number of thiazole rings is 1. The van der Waals surface area contributed by atoms with Crippen molar-refractivity contribution in [3.05, 3.63) is 76.4 Å². The van der Waals surface area contributed by atoms with Gasteiger partial charge in [0.2, 0.25) is 0 Å². The molecule has 6 heteroatoms. The molecule has 0 radical (unpaired) electrons. The molecule has 0 saturated heterocycles. The Kier molecular flexibility index (Phi) is 4.25. The SMILES string of the molecule is COc1cc(OCc2csc(C3=CCOc4ccccc43)n2)c2ccoc2c1. The van der Waals surface area contributed by atoms with Crippen molar-refractivity contribution in [3.8, 4) is 17.2 Å². The molecule has 0 fully saturated rings. The lowest BCUT2D eigenvalue weighted by atomic mass is 10.0. The second-order valence-electron chi connectivity index (χ2n) is 6.32. The van der Waals surface area contributed by atoms with Gasteiger partial charge >= 0.3 is 0 Å². The van der Waals surface area contributed by atoms with Gasteiger partial charge in [0.05, 0.1) is 24.5 Å². The summed E-state index contributed by atoms with van der Waals surface area (Å²) in [6.45, 7) is 0.926. The predicted octanol–water partition coefficient (Wildman–Crippen LogP) is 5.30. The molecule has 0 aliphatic carbocycles. The number of benzene rings is 2. The maximum Gasteiger partial charge on any atom is 0.141 e. The van der Waals surface area contributed by atoms with Crippen LogP contribution in [-0.4, -0.2) is 18.7 Å². The van der Waals surface area contributed by atoms with E-state index in [2.05, 4.69) is 12.1 Å². The summed E-state index contributed by atoms with van der Waals surface area (Å²) in [7, 11) is 1.63. The number of para-hydroxylation sites is 1. The Morgan fingerprint density at radius 2 is 2.11 bits per heavy atom. The number of hydrogen-bond acceptors (Lipinski definition) is 6. The number of furan rings is 1. The van der Waals surface area contributed by atoms with E-state index in [1.165, 1.54) is 0 Å². The zero-order chi connectivity index (χ0) is 18.9. The van der Waals surface area contributed by atoms with E-state index >= 15 is 0 Å². The summed E-state index contributed by atoms with van der Waals surface area (Å²) < 4.78 is 22.5. The number of nitrogens with zero attached hydrogens (tertiary/aromatic N) is 1. The highest BCUT2D eigenvalue weighted by molar-refractivity contribution is 7.10. The molecule has 0 amide bonds. The molecular weight excluding hydrogens is 374 g/mol. The summed E-state index contributed by atoms with van der Waals surface area (Å²) in [5.74, 6) is 2.31. The van der Waals surface area contributed by atoms with Crippen LogP contribution in [0, 0.1) is 0 Å². The summed E-state index contributed by atoms with van der Waals surface area (Å²) in [5, 5.41) is 3.91. The number of methoxy groups -OCH3 is 1. The summed E-state index contributed by atoms with van der Waals surface area (Å²) >= 11 is 1.61. The number of rotatable bonds is 5. The standard InChI is InChI=1S/C22H17NO4S/c1-24-15-10-20-18(7-9-26-20)21(11-15)27-12-14-13-28-22(23-14)17-6-8-25-19-5-3-2-4-16(17)19/h2-7,9-11,13H,8,12H2,1H3. The Bertz CT molecular complexity index is 1170. The largest absolute Gasteiger partial charge is 0.496 e. The fourth-order valence-corrected chi connectivity index (χ4v) is 4.10. The summed E-state index contributed by atoms with van der Waals surface area (Å²) in [6.07, 6.45) is 3.72. The van der Waals surface area contributed by atoms with Gasteiger partial charge in [-0.15, -0.1) is 11.3 Å². The molecule has 3 heterocycles. The summed E-state index contributed by atoms with van der Waals surface area (Å²) in [4.78, 5) is 4.77. The van der Waals surface area contributed by atoms with Crippen LogP contribution in [0.5, 0.6) is 17.2 Å². The quantitative estimate of drug-likeness (QED) is 0.462. The van der Waals surface area contributed by atoms with Gasteiger partial charge in [0, 0.05) is 28.6 Å². The average Bonchev–Trinajstić information content (AvgIpc) is 3.41. The Balaban J connectivity index is 1.38. The third-order valence-corrected chi connectivity index (χ3v) is 5.53. The maximum absolute atomic E-state index is 6.04. The molecule has 4 aromatic rings. The fourth-order valence-electron chi connectivity index (χ4n) is 3.24. The molecule has 1 aliphatic heterocycles. The number of ether oxygens (including phenoxy) is 3. The van der Waals surface area contributed by atoms with E-state index < -0.39 is 0 Å². The lowest BCUT2D eigenvalue weighted by Gasteiger charge is -2.16. The topological polar surface area (TPSA) is 53.7 Å². The zero-order valence-corrected chi connectivity index (χ0v) is 16.0. The molecule has 0 atom stereocenters. The third-order valence-electron chi connectivity index (χ3n) is 4.60. The van der Waals surface area contributed by atoms with Crippen LogP contribution in [0.3, 0.4) is 0 Å². The normalized spacial score (nSPS) is 13.0. The van der Waals surface area contributed by atoms with Gasteiger partial charge in [-0.25, -0.2) is 4.98 Å². The highest BCUT2D eigenvalue weighted by atomic mass is 32.1. The predicted molar refractivity (Wildman–Crippen MR) is 108 cm³/mol. The van der Waals surface area contributed by atoms with Crippen molar-refractivity contribution in [1.29, 1.82) is 0 Å². The van der Waals surface area contributed by atoms with Crippen molar-refractivity contribution in [2.45, 2.75) is 6.61 Å². The third kappa shape index (κ3) is 3.01. The van der Waals surface area contributed by atoms with Gasteiger partial charge in [0.25, 0.3) is 0 Å². The Hall–Kier alpha value is -3.25. The first kappa shape index (κ1) is 16.9. The van der Waals surface area contributed by atoms with Crippen molar-refractivity contribution in [2.75, 3.05) is 13.7 Å². The lowest BCUT2D eigenvalue weighted by molar-refractivity contribution is 0.303. The summed E-state index contributed by atoms with van der Waals surface area (Å²) in [5.41, 5.74) is 3.79. The van der Waals surface area contributed by atoms with Gasteiger partial charge in [0.1, 0.15) is 41.1 Å². The zero-order valence-electron chi connectivity index (χ0n) is 15.2. The van der Waals surface area contributed by atoms with Gasteiger partial charge in [-0.3, -0.25) is 0 Å². The minimum atomic E-state index is 0.370. The van der Waals surface area contributed by atoms with Gasteiger partial charge in [-0.2, -0.15) is 0 Å². The van der Waals surface area contributed by atoms with E-state index in [4.69, 9.17) is 23.6 Å². The first-order valence-electron chi connectivity index (χ1n) is 8.87. The van der Waals surface area contributed by atoms with Crippen LogP contribution in [0.2, 0.25) is 0 Å². The van der Waals surface area contributed by atoms with Gasteiger partial charge < -0.3 is 18.6 Å². The Labute approximate surface area is 165 Å². The second-order valence-corrected chi connectivity index (χ2v) is 7.17. The van der Waals surface area contributed by atoms with E-state index in [1.807, 2.05) is 41.8 Å². The van der Waals surface area contributed by atoms with E-state index in [0.717, 1.165) is 38.6 Å². The molecule has 2 aromatic carbocycles. The van der Waals surface area contributed by atoms with E-state index in [1.54, 1.807) is 24.7 Å². The molecule has 0 N–H and O–H groups in total. The molecular formula is C22H17NO4S.